The Hall–Kier alpha value is -2.08. The van der Waals surface area contributed by atoms with Crippen molar-refractivity contribution in [2.45, 2.75) is 74.1 Å². The Morgan fingerprint density at radius 2 is 1.45 bits per heavy atom. The Balaban J connectivity index is 1.89. The van der Waals surface area contributed by atoms with Crippen molar-refractivity contribution in [2.75, 3.05) is 29.3 Å². The topological polar surface area (TPSA) is 79.5 Å². The number of rotatable bonds is 7. The summed E-state index contributed by atoms with van der Waals surface area (Å²) in [6, 6.07) is 5.45. The van der Waals surface area contributed by atoms with E-state index >= 15 is 0 Å². The smallest absolute Gasteiger partial charge is 0.229 e. The zero-order chi connectivity index (χ0) is 23.2. The first-order valence-corrected chi connectivity index (χ1v) is 11.4. The van der Waals surface area contributed by atoms with Gasteiger partial charge in [-0.2, -0.15) is 0 Å². The van der Waals surface area contributed by atoms with Crippen LogP contribution in [0.5, 0.6) is 0 Å². The van der Waals surface area contributed by atoms with Crippen LogP contribution in [-0.4, -0.2) is 25.2 Å². The molecule has 0 heterocycles. The van der Waals surface area contributed by atoms with Crippen LogP contribution in [0.1, 0.15) is 74.1 Å². The molecule has 0 saturated heterocycles. The van der Waals surface area contributed by atoms with Gasteiger partial charge < -0.3 is 20.7 Å². The van der Waals surface area contributed by atoms with E-state index in [9.17, 15) is 9.59 Å². The van der Waals surface area contributed by atoms with Crippen LogP contribution < -0.4 is 16.0 Å². The molecule has 0 aromatic heterocycles. The minimum Gasteiger partial charge on any atom is -0.363 e. The number of ether oxygens (including phenoxy) is 1. The fraction of sp³-hybridized carbons (Fsp3) is 0.680. The molecule has 0 spiro atoms. The predicted octanol–water partition coefficient (Wildman–Crippen LogP) is 5.87. The van der Waals surface area contributed by atoms with E-state index in [0.29, 0.717) is 29.4 Å². The monoisotopic (exact) mass is 431 g/mol. The molecule has 1 aromatic carbocycles. The van der Waals surface area contributed by atoms with Crippen LogP contribution in [0.25, 0.3) is 0 Å². The third kappa shape index (κ3) is 8.52. The number of nitrogens with one attached hydrogen (secondary N) is 3. The number of carbonyl (C=O) groups excluding carboxylic acids is 2. The molecule has 1 fully saturated rings. The molecule has 0 radical (unpaired) electrons. The summed E-state index contributed by atoms with van der Waals surface area (Å²) in [5.41, 5.74) is 1.93. The van der Waals surface area contributed by atoms with Crippen molar-refractivity contribution in [1.29, 1.82) is 0 Å². The van der Waals surface area contributed by atoms with E-state index in [1.807, 2.05) is 32.9 Å². The molecule has 1 aliphatic carbocycles. The maximum atomic E-state index is 12.4. The summed E-state index contributed by atoms with van der Waals surface area (Å²) >= 11 is 0. The summed E-state index contributed by atoms with van der Waals surface area (Å²) in [6.07, 6.45) is 5.01. The molecule has 1 aliphatic rings. The summed E-state index contributed by atoms with van der Waals surface area (Å²) in [7, 11) is 0. The van der Waals surface area contributed by atoms with Crippen LogP contribution in [0.3, 0.4) is 0 Å². The van der Waals surface area contributed by atoms with Gasteiger partial charge in [-0.3, -0.25) is 9.59 Å². The van der Waals surface area contributed by atoms with Crippen molar-refractivity contribution in [1.82, 2.24) is 0 Å². The molecule has 0 atom stereocenters. The first-order valence-electron chi connectivity index (χ1n) is 11.4. The lowest BCUT2D eigenvalue weighted by atomic mass is 9.70. The van der Waals surface area contributed by atoms with Crippen molar-refractivity contribution in [3.05, 3.63) is 18.2 Å². The lowest BCUT2D eigenvalue weighted by Crippen LogP contribution is -2.28. The quantitative estimate of drug-likeness (QED) is 0.373. The lowest BCUT2D eigenvalue weighted by molar-refractivity contribution is -0.123. The van der Waals surface area contributed by atoms with Gasteiger partial charge in [-0.05, 0) is 61.1 Å². The van der Waals surface area contributed by atoms with Gasteiger partial charge in [0.05, 0.1) is 6.61 Å². The van der Waals surface area contributed by atoms with Gasteiger partial charge in [-0.1, -0.05) is 41.5 Å². The van der Waals surface area contributed by atoms with Crippen molar-refractivity contribution in [3.8, 4) is 0 Å². The van der Waals surface area contributed by atoms with Crippen LogP contribution in [0.2, 0.25) is 0 Å². The van der Waals surface area contributed by atoms with E-state index in [1.54, 1.807) is 6.07 Å². The molecule has 2 rings (SSSR count). The second-order valence-corrected chi connectivity index (χ2v) is 11.0. The summed E-state index contributed by atoms with van der Waals surface area (Å²) in [5, 5.41) is 8.97. The van der Waals surface area contributed by atoms with Gasteiger partial charge in [0.2, 0.25) is 11.8 Å². The fourth-order valence-electron chi connectivity index (χ4n) is 3.95. The standard InChI is InChI=1S/C25H41N3O3/c1-17(29)27-21-12-20(13-22(14-21)28-23(30)25(5,6)7)26-16-31-15-18-8-10-19(11-9-18)24(2,3)4/h12-14,18-19,26H,8-11,15-16H2,1-7H3,(H,27,29)(H,28,30). The molecule has 0 aliphatic heterocycles. The van der Waals surface area contributed by atoms with Gasteiger partial charge in [-0.25, -0.2) is 0 Å². The van der Waals surface area contributed by atoms with Gasteiger partial charge in [-0.15, -0.1) is 0 Å². The highest BCUT2D eigenvalue weighted by atomic mass is 16.5. The molecule has 1 aromatic rings. The first-order chi connectivity index (χ1) is 14.3. The van der Waals surface area contributed by atoms with E-state index < -0.39 is 5.41 Å². The van der Waals surface area contributed by atoms with Crippen LogP contribution in [0.4, 0.5) is 17.1 Å². The molecule has 1 saturated carbocycles. The van der Waals surface area contributed by atoms with E-state index in [-0.39, 0.29) is 11.8 Å². The van der Waals surface area contributed by atoms with Crippen LogP contribution in [0.15, 0.2) is 18.2 Å². The molecule has 31 heavy (non-hydrogen) atoms. The van der Waals surface area contributed by atoms with Gasteiger partial charge in [0, 0.05) is 29.4 Å². The zero-order valence-corrected chi connectivity index (χ0v) is 20.4. The number of hydrogen-bond acceptors (Lipinski definition) is 4. The minimum atomic E-state index is -0.507. The highest BCUT2D eigenvalue weighted by molar-refractivity contribution is 5.96. The van der Waals surface area contributed by atoms with Gasteiger partial charge in [0.1, 0.15) is 6.73 Å². The summed E-state index contributed by atoms with van der Waals surface area (Å²) in [4.78, 5) is 23.8. The van der Waals surface area contributed by atoms with Crippen LogP contribution in [0, 0.1) is 22.7 Å². The molecule has 0 bridgehead atoms. The minimum absolute atomic E-state index is 0.0828. The van der Waals surface area contributed by atoms with Gasteiger partial charge >= 0.3 is 0 Å². The van der Waals surface area contributed by atoms with Crippen LogP contribution in [-0.2, 0) is 14.3 Å². The number of hydrogen-bond donors (Lipinski definition) is 3. The average Bonchev–Trinajstić information content (AvgIpc) is 2.63. The Morgan fingerprint density at radius 1 is 0.903 bits per heavy atom. The summed E-state index contributed by atoms with van der Waals surface area (Å²) in [5.74, 6) is 1.18. The first kappa shape index (κ1) is 25.2. The molecular formula is C25H41N3O3. The second-order valence-electron chi connectivity index (χ2n) is 11.0. The number of anilines is 3. The maximum Gasteiger partial charge on any atom is 0.229 e. The zero-order valence-electron chi connectivity index (χ0n) is 20.4. The molecular weight excluding hydrogens is 390 g/mol. The molecule has 6 nitrogen and oxygen atoms in total. The second kappa shape index (κ2) is 10.5. The Labute approximate surface area is 187 Å². The molecule has 0 unspecified atom stereocenters. The number of benzene rings is 1. The highest BCUT2D eigenvalue weighted by Gasteiger charge is 2.29. The number of amides is 2. The molecule has 6 heteroatoms. The normalized spacial score (nSPS) is 19.6. The Kier molecular flexibility index (Phi) is 8.52. The van der Waals surface area contributed by atoms with Crippen molar-refractivity contribution >= 4 is 28.9 Å². The third-order valence-corrected chi connectivity index (χ3v) is 6.00. The fourth-order valence-corrected chi connectivity index (χ4v) is 3.95. The van der Waals surface area contributed by atoms with Crippen molar-refractivity contribution in [3.63, 3.8) is 0 Å². The number of carbonyl (C=O) groups is 2. The molecule has 3 N–H and O–H groups in total. The van der Waals surface area contributed by atoms with E-state index in [0.717, 1.165) is 18.2 Å². The summed E-state index contributed by atoms with van der Waals surface area (Å²) < 4.78 is 5.91. The lowest BCUT2D eigenvalue weighted by Gasteiger charge is -2.36. The van der Waals surface area contributed by atoms with E-state index in [2.05, 4.69) is 36.7 Å². The SMILES string of the molecule is CC(=O)Nc1cc(NCOCC2CCC(C(C)(C)C)CC2)cc(NC(=O)C(C)(C)C)c1. The molecule has 174 valence electrons. The molecule has 2 amide bonds. The Bertz CT molecular complexity index is 754. The highest BCUT2D eigenvalue weighted by Crippen LogP contribution is 2.39. The van der Waals surface area contributed by atoms with E-state index in [1.165, 1.54) is 32.6 Å². The van der Waals surface area contributed by atoms with Crippen molar-refractivity contribution < 1.29 is 14.3 Å². The predicted molar refractivity (Wildman–Crippen MR) is 128 cm³/mol. The van der Waals surface area contributed by atoms with Gasteiger partial charge in [0.15, 0.2) is 0 Å². The maximum absolute atomic E-state index is 12.4. The van der Waals surface area contributed by atoms with Crippen LogP contribution >= 0.6 is 0 Å². The Morgan fingerprint density at radius 3 is 1.97 bits per heavy atom. The van der Waals surface area contributed by atoms with Crippen molar-refractivity contribution in [2.24, 2.45) is 22.7 Å². The summed E-state index contributed by atoms with van der Waals surface area (Å²) in [6.45, 7) is 15.2. The third-order valence-electron chi connectivity index (χ3n) is 6.00. The van der Waals surface area contributed by atoms with E-state index in [4.69, 9.17) is 4.74 Å². The van der Waals surface area contributed by atoms with Gasteiger partial charge in [0.25, 0.3) is 0 Å². The largest absolute Gasteiger partial charge is 0.363 e. The average molecular weight is 432 g/mol.